The standard InChI is InChI=1S/C11H14ClN3O/c12-10-4-3-8(6-14-10)11(16)15-5-1-2-9(13)7-15/h3-4,6,9H,1-2,5,7,13H2/t9-/m1/s1. The molecule has 0 bridgehead atoms. The Bertz CT molecular complexity index is 379. The van der Waals surface area contributed by atoms with Crippen molar-refractivity contribution in [2.45, 2.75) is 18.9 Å². The van der Waals surface area contributed by atoms with E-state index in [1.807, 2.05) is 0 Å². The average Bonchev–Trinajstić information content (AvgIpc) is 2.29. The Morgan fingerprint density at radius 2 is 2.38 bits per heavy atom. The number of halogens is 1. The molecule has 1 aliphatic heterocycles. The number of carbonyl (C=O) groups is 1. The van der Waals surface area contributed by atoms with Crippen LogP contribution in [-0.2, 0) is 0 Å². The minimum atomic E-state index is -0.0145. The van der Waals surface area contributed by atoms with E-state index in [1.165, 1.54) is 6.20 Å². The van der Waals surface area contributed by atoms with Gasteiger partial charge in [-0.25, -0.2) is 4.98 Å². The van der Waals surface area contributed by atoms with Gasteiger partial charge in [-0.15, -0.1) is 0 Å². The quantitative estimate of drug-likeness (QED) is 0.752. The van der Waals surface area contributed by atoms with E-state index in [4.69, 9.17) is 17.3 Å². The second kappa shape index (κ2) is 4.80. The van der Waals surface area contributed by atoms with Gasteiger partial charge in [0.2, 0.25) is 0 Å². The summed E-state index contributed by atoms with van der Waals surface area (Å²) in [5, 5.41) is 0.395. The topological polar surface area (TPSA) is 59.2 Å². The van der Waals surface area contributed by atoms with Crippen LogP contribution >= 0.6 is 11.6 Å². The Kier molecular flexibility index (Phi) is 3.41. The van der Waals surface area contributed by atoms with E-state index in [0.717, 1.165) is 19.4 Å². The van der Waals surface area contributed by atoms with Crippen molar-refractivity contribution in [2.75, 3.05) is 13.1 Å². The van der Waals surface area contributed by atoms with Crippen LogP contribution in [0.25, 0.3) is 0 Å². The zero-order chi connectivity index (χ0) is 11.5. The van der Waals surface area contributed by atoms with E-state index in [0.29, 0.717) is 17.3 Å². The van der Waals surface area contributed by atoms with Crippen LogP contribution in [0.4, 0.5) is 0 Å². The molecule has 2 rings (SSSR count). The Balaban J connectivity index is 2.09. The Hall–Kier alpha value is -1.13. The van der Waals surface area contributed by atoms with Crippen molar-refractivity contribution < 1.29 is 4.79 Å². The molecule has 0 saturated carbocycles. The maximum atomic E-state index is 12.0. The molecule has 5 heteroatoms. The zero-order valence-electron chi connectivity index (χ0n) is 8.90. The largest absolute Gasteiger partial charge is 0.337 e. The predicted octanol–water partition coefficient (Wildman–Crippen LogP) is 1.30. The average molecular weight is 240 g/mol. The first-order valence-electron chi connectivity index (χ1n) is 5.33. The van der Waals surface area contributed by atoms with Gasteiger partial charge in [0.05, 0.1) is 5.56 Å². The summed E-state index contributed by atoms with van der Waals surface area (Å²) in [6.07, 6.45) is 3.46. The number of nitrogens with two attached hydrogens (primary N) is 1. The number of carbonyl (C=O) groups excluding carboxylic acids is 1. The van der Waals surface area contributed by atoms with E-state index in [2.05, 4.69) is 4.98 Å². The summed E-state index contributed by atoms with van der Waals surface area (Å²) in [6.45, 7) is 1.40. The summed E-state index contributed by atoms with van der Waals surface area (Å²) in [7, 11) is 0. The van der Waals surface area contributed by atoms with Crippen LogP contribution in [0.2, 0.25) is 5.15 Å². The molecule has 0 aromatic carbocycles. The highest BCUT2D eigenvalue weighted by Gasteiger charge is 2.22. The number of likely N-dealkylation sites (tertiary alicyclic amines) is 1. The maximum absolute atomic E-state index is 12.0. The first kappa shape index (κ1) is 11.4. The molecule has 0 unspecified atom stereocenters. The molecule has 0 spiro atoms. The first-order valence-corrected chi connectivity index (χ1v) is 5.71. The molecule has 1 fully saturated rings. The molecule has 86 valence electrons. The van der Waals surface area contributed by atoms with Gasteiger partial charge in [0.15, 0.2) is 0 Å². The SMILES string of the molecule is N[C@@H]1CCCN(C(=O)c2ccc(Cl)nc2)C1. The Labute approximate surface area is 99.4 Å². The van der Waals surface area contributed by atoms with Crippen LogP contribution in [0, 0.1) is 0 Å². The van der Waals surface area contributed by atoms with E-state index in [1.54, 1.807) is 17.0 Å². The van der Waals surface area contributed by atoms with E-state index in [9.17, 15) is 4.79 Å². The lowest BCUT2D eigenvalue weighted by Gasteiger charge is -2.30. The lowest BCUT2D eigenvalue weighted by molar-refractivity contribution is 0.0708. The molecule has 0 aliphatic carbocycles. The molecular weight excluding hydrogens is 226 g/mol. The summed E-state index contributed by atoms with van der Waals surface area (Å²) in [6, 6.07) is 3.41. The van der Waals surface area contributed by atoms with Gasteiger partial charge >= 0.3 is 0 Å². The third-order valence-electron chi connectivity index (χ3n) is 2.72. The fourth-order valence-corrected chi connectivity index (χ4v) is 1.99. The number of pyridine rings is 1. The van der Waals surface area contributed by atoms with Crippen LogP contribution in [0.1, 0.15) is 23.2 Å². The zero-order valence-corrected chi connectivity index (χ0v) is 9.65. The van der Waals surface area contributed by atoms with Gasteiger partial charge in [0.25, 0.3) is 5.91 Å². The lowest BCUT2D eigenvalue weighted by Crippen LogP contribution is -2.45. The van der Waals surface area contributed by atoms with Crippen molar-refractivity contribution in [1.82, 2.24) is 9.88 Å². The van der Waals surface area contributed by atoms with Gasteiger partial charge in [-0.1, -0.05) is 11.6 Å². The number of amides is 1. The third kappa shape index (κ3) is 2.51. The third-order valence-corrected chi connectivity index (χ3v) is 2.94. The normalized spacial score (nSPS) is 20.9. The number of nitrogens with zero attached hydrogens (tertiary/aromatic N) is 2. The van der Waals surface area contributed by atoms with E-state index in [-0.39, 0.29) is 11.9 Å². The molecule has 1 saturated heterocycles. The smallest absolute Gasteiger partial charge is 0.255 e. The molecule has 1 aromatic rings. The van der Waals surface area contributed by atoms with Gasteiger partial charge in [0.1, 0.15) is 5.15 Å². The lowest BCUT2D eigenvalue weighted by atomic mass is 10.1. The van der Waals surface area contributed by atoms with Gasteiger partial charge < -0.3 is 10.6 Å². The molecule has 1 aromatic heterocycles. The first-order chi connectivity index (χ1) is 7.66. The monoisotopic (exact) mass is 239 g/mol. The van der Waals surface area contributed by atoms with Gasteiger partial charge in [0, 0.05) is 25.3 Å². The number of hydrogen-bond donors (Lipinski definition) is 1. The van der Waals surface area contributed by atoms with Crippen molar-refractivity contribution in [3.05, 3.63) is 29.0 Å². The molecule has 1 amide bonds. The number of aromatic nitrogens is 1. The number of piperidine rings is 1. The van der Waals surface area contributed by atoms with E-state index >= 15 is 0 Å². The summed E-state index contributed by atoms with van der Waals surface area (Å²) < 4.78 is 0. The van der Waals surface area contributed by atoms with Crippen molar-refractivity contribution in [2.24, 2.45) is 5.73 Å². The minimum Gasteiger partial charge on any atom is -0.337 e. The fraction of sp³-hybridized carbons (Fsp3) is 0.455. The maximum Gasteiger partial charge on any atom is 0.255 e. The van der Waals surface area contributed by atoms with Crippen molar-refractivity contribution in [3.63, 3.8) is 0 Å². The summed E-state index contributed by atoms with van der Waals surface area (Å²) in [5.41, 5.74) is 6.40. The molecular formula is C11H14ClN3O. The summed E-state index contributed by atoms with van der Waals surface area (Å²) in [4.78, 5) is 17.7. The highest BCUT2D eigenvalue weighted by molar-refractivity contribution is 6.29. The molecule has 0 radical (unpaired) electrons. The highest BCUT2D eigenvalue weighted by atomic mass is 35.5. The van der Waals surface area contributed by atoms with Gasteiger partial charge in [-0.3, -0.25) is 4.79 Å². The van der Waals surface area contributed by atoms with Gasteiger partial charge in [-0.05, 0) is 25.0 Å². The minimum absolute atomic E-state index is 0.0145. The van der Waals surface area contributed by atoms with Crippen LogP contribution in [-0.4, -0.2) is 34.9 Å². The van der Waals surface area contributed by atoms with Gasteiger partial charge in [-0.2, -0.15) is 0 Å². The number of hydrogen-bond acceptors (Lipinski definition) is 3. The van der Waals surface area contributed by atoms with Crippen LogP contribution < -0.4 is 5.73 Å². The summed E-state index contributed by atoms with van der Waals surface area (Å²) >= 11 is 5.67. The van der Waals surface area contributed by atoms with Crippen LogP contribution in [0.3, 0.4) is 0 Å². The second-order valence-corrected chi connectivity index (χ2v) is 4.41. The second-order valence-electron chi connectivity index (χ2n) is 4.02. The molecule has 2 heterocycles. The van der Waals surface area contributed by atoms with Crippen LogP contribution in [0.15, 0.2) is 18.3 Å². The molecule has 16 heavy (non-hydrogen) atoms. The fourth-order valence-electron chi connectivity index (χ4n) is 1.88. The van der Waals surface area contributed by atoms with Crippen molar-refractivity contribution >= 4 is 17.5 Å². The molecule has 1 atom stereocenters. The Morgan fingerprint density at radius 3 is 3.00 bits per heavy atom. The van der Waals surface area contributed by atoms with E-state index < -0.39 is 0 Å². The predicted molar refractivity (Wildman–Crippen MR) is 62.4 cm³/mol. The van der Waals surface area contributed by atoms with Crippen molar-refractivity contribution in [3.8, 4) is 0 Å². The number of rotatable bonds is 1. The highest BCUT2D eigenvalue weighted by Crippen LogP contribution is 2.13. The molecule has 2 N–H and O–H groups in total. The molecule has 1 aliphatic rings. The van der Waals surface area contributed by atoms with Crippen molar-refractivity contribution in [1.29, 1.82) is 0 Å². The Morgan fingerprint density at radius 1 is 1.56 bits per heavy atom. The summed E-state index contributed by atoms with van der Waals surface area (Å²) in [5.74, 6) is -0.0145. The van der Waals surface area contributed by atoms with Crippen LogP contribution in [0.5, 0.6) is 0 Å². The molecule has 4 nitrogen and oxygen atoms in total.